The number of hydrogen-bond donors (Lipinski definition) is 1. The van der Waals surface area contributed by atoms with Gasteiger partial charge in [-0.3, -0.25) is 4.57 Å². The topological polar surface area (TPSA) is 134 Å². The summed E-state index contributed by atoms with van der Waals surface area (Å²) in [6.45, 7) is 4.49. The van der Waals surface area contributed by atoms with Crippen molar-refractivity contribution in [3.8, 4) is 28.5 Å². The molecule has 45 heavy (non-hydrogen) atoms. The zero-order valence-electron chi connectivity index (χ0n) is 24.5. The molecular formula is C34H28N6O5. The first kappa shape index (κ1) is 29.0. The van der Waals surface area contributed by atoms with Crippen LogP contribution in [0.25, 0.3) is 39.6 Å². The number of benzene rings is 4. The highest BCUT2D eigenvalue weighted by atomic mass is 17.2. The van der Waals surface area contributed by atoms with Gasteiger partial charge in [-0.15, -0.1) is 10.2 Å². The third kappa shape index (κ3) is 6.32. The van der Waals surface area contributed by atoms with Crippen molar-refractivity contribution in [2.24, 2.45) is 0 Å². The molecule has 0 aliphatic carbocycles. The van der Waals surface area contributed by atoms with E-state index in [4.69, 9.17) is 19.5 Å². The number of ether oxygens (including phenoxy) is 1. The summed E-state index contributed by atoms with van der Waals surface area (Å²) in [7, 11) is 0. The van der Waals surface area contributed by atoms with E-state index in [1.54, 1.807) is 18.2 Å². The summed E-state index contributed by atoms with van der Waals surface area (Å²) in [5, 5.41) is 14.4. The van der Waals surface area contributed by atoms with Gasteiger partial charge in [0.15, 0.2) is 0 Å². The van der Waals surface area contributed by atoms with Gasteiger partial charge in [-0.25, -0.2) is 19.4 Å². The Kier molecular flexibility index (Phi) is 8.40. The smallest absolute Gasteiger partial charge is 0.388 e. The van der Waals surface area contributed by atoms with E-state index >= 15 is 0 Å². The van der Waals surface area contributed by atoms with E-state index in [1.165, 1.54) is 6.08 Å². The maximum Gasteiger partial charge on any atom is 0.388 e. The van der Waals surface area contributed by atoms with Gasteiger partial charge < -0.3 is 4.74 Å². The molecule has 0 fully saturated rings. The Bertz CT molecular complexity index is 1980. The van der Waals surface area contributed by atoms with E-state index in [1.807, 2.05) is 97.3 Å². The molecule has 0 spiro atoms. The van der Waals surface area contributed by atoms with E-state index in [0.29, 0.717) is 36.0 Å². The lowest BCUT2D eigenvalue weighted by Gasteiger charge is -2.12. The fraction of sp³-hybridized carbons (Fsp3) is 0.118. The Morgan fingerprint density at radius 3 is 2.38 bits per heavy atom. The Hall–Kier alpha value is -6.10. The van der Waals surface area contributed by atoms with Gasteiger partial charge in [0.05, 0.1) is 29.7 Å². The van der Waals surface area contributed by atoms with Gasteiger partial charge in [-0.05, 0) is 59.0 Å². The van der Waals surface area contributed by atoms with E-state index in [2.05, 4.69) is 20.6 Å². The average Bonchev–Trinajstić information content (AvgIpc) is 3.74. The molecule has 0 aliphatic rings. The van der Waals surface area contributed by atoms with Crippen molar-refractivity contribution in [2.45, 2.75) is 20.4 Å². The van der Waals surface area contributed by atoms with Crippen LogP contribution >= 0.6 is 0 Å². The highest BCUT2D eigenvalue weighted by Gasteiger charge is 2.23. The van der Waals surface area contributed by atoms with Gasteiger partial charge in [-0.2, -0.15) is 10.2 Å². The van der Waals surface area contributed by atoms with Crippen LogP contribution in [0.3, 0.4) is 0 Å². The number of aromatic nitrogens is 6. The highest BCUT2D eigenvalue weighted by molar-refractivity contribution is 6.03. The van der Waals surface area contributed by atoms with Crippen molar-refractivity contribution in [3.63, 3.8) is 0 Å². The monoisotopic (exact) mass is 600 g/mol. The van der Waals surface area contributed by atoms with Crippen LogP contribution in [0.4, 0.5) is 0 Å². The Morgan fingerprint density at radius 1 is 0.889 bits per heavy atom. The third-order valence-electron chi connectivity index (χ3n) is 7.08. The average molecular weight is 601 g/mol. The van der Waals surface area contributed by atoms with Crippen molar-refractivity contribution >= 4 is 29.0 Å². The van der Waals surface area contributed by atoms with Gasteiger partial charge in [0.2, 0.25) is 5.82 Å². The van der Waals surface area contributed by atoms with Gasteiger partial charge in [0.1, 0.15) is 0 Å². The Morgan fingerprint density at radius 2 is 1.64 bits per heavy atom. The summed E-state index contributed by atoms with van der Waals surface area (Å²) in [5.74, 6) is -1.15. The molecule has 0 saturated heterocycles. The van der Waals surface area contributed by atoms with Crippen LogP contribution in [0.5, 0.6) is 6.01 Å². The molecule has 11 heteroatoms. The lowest BCUT2D eigenvalue weighted by Crippen LogP contribution is -2.12. The molecule has 2 heterocycles. The Balaban J connectivity index is 1.27. The molecule has 6 aromatic rings. The quantitative estimate of drug-likeness (QED) is 0.121. The number of aryl methyl sites for hydroxylation is 1. The van der Waals surface area contributed by atoms with Crippen LogP contribution in [-0.2, 0) is 21.1 Å². The molecule has 0 unspecified atom stereocenters. The minimum atomic E-state index is -0.834. The molecular weight excluding hydrogens is 572 g/mol. The predicted octanol–water partition coefficient (Wildman–Crippen LogP) is 5.97. The SMILES string of the molecule is CCOc1nc2c(C)ccc(C(=O)OOC(=O)/C=C/c3ccccc3)c2n1Cc1ccc(-c2ccccc2-c2nn[nH]n2)cc1. The summed E-state index contributed by atoms with van der Waals surface area (Å²) < 4.78 is 7.71. The first-order valence-corrected chi connectivity index (χ1v) is 14.2. The number of carbonyl (C=O) groups is 2. The molecule has 0 amide bonds. The largest absolute Gasteiger partial charge is 0.465 e. The number of H-pyrrole nitrogens is 1. The fourth-order valence-electron chi connectivity index (χ4n) is 4.96. The lowest BCUT2D eigenvalue weighted by molar-refractivity contribution is -0.228. The molecule has 0 atom stereocenters. The number of nitrogens with zero attached hydrogens (tertiary/aromatic N) is 5. The second-order valence-corrected chi connectivity index (χ2v) is 10.0. The first-order chi connectivity index (χ1) is 22.0. The summed E-state index contributed by atoms with van der Waals surface area (Å²) in [4.78, 5) is 40.0. The highest BCUT2D eigenvalue weighted by Crippen LogP contribution is 2.32. The number of imidazole rings is 1. The van der Waals surface area contributed by atoms with E-state index < -0.39 is 11.9 Å². The molecule has 0 radical (unpaired) electrons. The van der Waals surface area contributed by atoms with Gasteiger partial charge in [-0.1, -0.05) is 84.9 Å². The number of aromatic amines is 1. The second-order valence-electron chi connectivity index (χ2n) is 10.0. The van der Waals surface area contributed by atoms with Crippen LogP contribution in [0.1, 0.15) is 34.0 Å². The van der Waals surface area contributed by atoms with Crippen LogP contribution in [0.15, 0.2) is 97.1 Å². The summed E-state index contributed by atoms with van der Waals surface area (Å²) in [5.41, 5.74) is 6.64. The zero-order chi connectivity index (χ0) is 31.2. The third-order valence-corrected chi connectivity index (χ3v) is 7.08. The number of fused-ring (bicyclic) bond motifs is 1. The maximum absolute atomic E-state index is 13.2. The van der Waals surface area contributed by atoms with Crippen molar-refractivity contribution in [3.05, 3.63) is 119 Å². The minimum Gasteiger partial charge on any atom is -0.465 e. The van der Waals surface area contributed by atoms with Crippen molar-refractivity contribution < 1.29 is 24.1 Å². The fourth-order valence-corrected chi connectivity index (χ4v) is 4.96. The molecule has 224 valence electrons. The Labute approximate surface area is 258 Å². The van der Waals surface area contributed by atoms with Crippen LogP contribution in [-0.4, -0.2) is 48.7 Å². The number of rotatable bonds is 9. The van der Waals surface area contributed by atoms with E-state index in [0.717, 1.165) is 33.4 Å². The van der Waals surface area contributed by atoms with Gasteiger partial charge in [0, 0.05) is 11.6 Å². The van der Waals surface area contributed by atoms with Crippen molar-refractivity contribution in [1.82, 2.24) is 30.2 Å². The molecule has 1 N–H and O–H groups in total. The maximum atomic E-state index is 13.2. The van der Waals surface area contributed by atoms with E-state index in [9.17, 15) is 9.59 Å². The zero-order valence-corrected chi connectivity index (χ0v) is 24.5. The summed E-state index contributed by atoms with van der Waals surface area (Å²) >= 11 is 0. The molecule has 6 rings (SSSR count). The second kappa shape index (κ2) is 13.0. The number of tetrazole rings is 1. The lowest BCUT2D eigenvalue weighted by atomic mass is 9.98. The molecule has 4 aromatic carbocycles. The molecule has 0 bridgehead atoms. The number of nitrogens with one attached hydrogen (secondary N) is 1. The van der Waals surface area contributed by atoms with Gasteiger partial charge >= 0.3 is 11.9 Å². The summed E-state index contributed by atoms with van der Waals surface area (Å²) in [6.07, 6.45) is 2.76. The number of hydrogen-bond acceptors (Lipinski definition) is 9. The summed E-state index contributed by atoms with van der Waals surface area (Å²) in [6, 6.07) is 28.8. The van der Waals surface area contributed by atoms with Crippen LogP contribution in [0, 0.1) is 6.92 Å². The van der Waals surface area contributed by atoms with Gasteiger partial charge in [0.25, 0.3) is 6.01 Å². The molecule has 0 aliphatic heterocycles. The van der Waals surface area contributed by atoms with Crippen LogP contribution < -0.4 is 4.74 Å². The van der Waals surface area contributed by atoms with E-state index in [-0.39, 0.29) is 5.56 Å². The van der Waals surface area contributed by atoms with Crippen LogP contribution in [0.2, 0.25) is 0 Å². The standard InChI is InChI=1S/C34H28N6O5/c1-3-43-34-35-30-22(2)13-19-28(33(42)45-44-29(41)20-16-23-9-5-4-6-10-23)31(30)40(34)21-24-14-17-25(18-15-24)26-11-7-8-12-27(26)32-36-38-39-37-32/h4-20H,3,21H2,1-2H3,(H,36,37,38,39)/b20-16+. The predicted molar refractivity (Wildman–Crippen MR) is 167 cm³/mol. The molecule has 11 nitrogen and oxygen atoms in total. The number of carbonyl (C=O) groups excluding carboxylic acids is 2. The van der Waals surface area contributed by atoms with Crippen molar-refractivity contribution in [2.75, 3.05) is 6.61 Å². The molecule has 0 saturated carbocycles. The van der Waals surface area contributed by atoms with Crippen molar-refractivity contribution in [1.29, 1.82) is 0 Å². The first-order valence-electron chi connectivity index (χ1n) is 14.2. The normalized spacial score (nSPS) is 11.2. The minimum absolute atomic E-state index is 0.180. The molecule has 2 aromatic heterocycles.